The summed E-state index contributed by atoms with van der Waals surface area (Å²) in [5, 5.41) is 0. The Hall–Kier alpha value is -0.340. The third kappa shape index (κ3) is 2.18. The predicted octanol–water partition coefficient (Wildman–Crippen LogP) is 4.16. The highest BCUT2D eigenvalue weighted by Gasteiger charge is 2.23. The highest BCUT2D eigenvalue weighted by atomic mass is 35.5. The van der Waals surface area contributed by atoms with Crippen molar-refractivity contribution in [1.29, 1.82) is 0 Å². The second-order valence-corrected chi connectivity index (χ2v) is 5.52. The second-order valence-electron chi connectivity index (χ2n) is 3.80. The van der Waals surface area contributed by atoms with Crippen molar-refractivity contribution >= 4 is 28.7 Å². The van der Waals surface area contributed by atoms with Gasteiger partial charge in [-0.05, 0) is 25.0 Å². The van der Waals surface area contributed by atoms with E-state index >= 15 is 0 Å². The van der Waals surface area contributed by atoms with Crippen molar-refractivity contribution in [1.82, 2.24) is 0 Å². The van der Waals surface area contributed by atoms with Gasteiger partial charge in [-0.15, -0.1) is 11.3 Å². The maximum absolute atomic E-state index is 12.0. The Morgan fingerprint density at radius 3 is 2.57 bits per heavy atom. The molecule has 1 aromatic rings. The van der Waals surface area contributed by atoms with Gasteiger partial charge in [0.05, 0.1) is 9.21 Å². The van der Waals surface area contributed by atoms with E-state index in [0.717, 1.165) is 17.7 Å². The first-order chi connectivity index (χ1) is 6.77. The van der Waals surface area contributed by atoms with Gasteiger partial charge in [-0.2, -0.15) is 0 Å². The van der Waals surface area contributed by atoms with Gasteiger partial charge >= 0.3 is 0 Å². The Labute approximate surface area is 93.1 Å². The molecular weight excluding hydrogens is 216 g/mol. The Morgan fingerprint density at radius 2 is 2.00 bits per heavy atom. The SMILES string of the molecule is O=C(c1ccc(Cl)s1)C1CCCCC1. The maximum Gasteiger partial charge on any atom is 0.175 e. The zero-order valence-corrected chi connectivity index (χ0v) is 9.53. The van der Waals surface area contributed by atoms with Gasteiger partial charge in [0.15, 0.2) is 5.78 Å². The van der Waals surface area contributed by atoms with Crippen LogP contribution in [0.3, 0.4) is 0 Å². The lowest BCUT2D eigenvalue weighted by Crippen LogP contribution is -2.16. The van der Waals surface area contributed by atoms with Gasteiger partial charge in [0.2, 0.25) is 0 Å². The molecule has 0 amide bonds. The van der Waals surface area contributed by atoms with Crippen molar-refractivity contribution in [2.45, 2.75) is 32.1 Å². The molecule has 0 aromatic carbocycles. The molecule has 1 aliphatic carbocycles. The molecule has 0 unspecified atom stereocenters. The van der Waals surface area contributed by atoms with E-state index in [2.05, 4.69) is 0 Å². The fourth-order valence-corrected chi connectivity index (χ4v) is 3.07. The smallest absolute Gasteiger partial charge is 0.175 e. The van der Waals surface area contributed by atoms with Gasteiger partial charge in [-0.3, -0.25) is 4.79 Å². The molecule has 0 atom stereocenters. The molecular formula is C11H13ClOS. The summed E-state index contributed by atoms with van der Waals surface area (Å²) in [6, 6.07) is 3.66. The minimum atomic E-state index is 0.262. The number of carbonyl (C=O) groups is 1. The van der Waals surface area contributed by atoms with E-state index in [1.54, 1.807) is 0 Å². The lowest BCUT2D eigenvalue weighted by Gasteiger charge is -2.19. The van der Waals surface area contributed by atoms with Gasteiger partial charge in [-0.1, -0.05) is 30.9 Å². The zero-order valence-electron chi connectivity index (χ0n) is 7.96. The fourth-order valence-electron chi connectivity index (χ4n) is 2.01. The Morgan fingerprint density at radius 1 is 1.29 bits per heavy atom. The molecule has 1 aliphatic rings. The van der Waals surface area contributed by atoms with Crippen LogP contribution in [-0.2, 0) is 0 Å². The summed E-state index contributed by atoms with van der Waals surface area (Å²) in [7, 11) is 0. The molecule has 14 heavy (non-hydrogen) atoms. The lowest BCUT2D eigenvalue weighted by atomic mass is 9.86. The minimum absolute atomic E-state index is 0.262. The number of hydrogen-bond donors (Lipinski definition) is 0. The molecule has 1 fully saturated rings. The average molecular weight is 229 g/mol. The van der Waals surface area contributed by atoms with Crippen LogP contribution in [0.15, 0.2) is 12.1 Å². The van der Waals surface area contributed by atoms with Gasteiger partial charge < -0.3 is 0 Å². The van der Waals surface area contributed by atoms with E-state index in [9.17, 15) is 4.79 Å². The quantitative estimate of drug-likeness (QED) is 0.695. The summed E-state index contributed by atoms with van der Waals surface area (Å²) in [5.74, 6) is 0.570. The number of halogens is 1. The van der Waals surface area contributed by atoms with E-state index in [4.69, 9.17) is 11.6 Å². The van der Waals surface area contributed by atoms with E-state index in [1.807, 2.05) is 12.1 Å². The van der Waals surface area contributed by atoms with E-state index in [0.29, 0.717) is 10.1 Å². The number of hydrogen-bond acceptors (Lipinski definition) is 2. The highest BCUT2D eigenvalue weighted by Crippen LogP contribution is 2.30. The van der Waals surface area contributed by atoms with Crippen LogP contribution in [0.4, 0.5) is 0 Å². The van der Waals surface area contributed by atoms with Crippen LogP contribution in [0.25, 0.3) is 0 Å². The van der Waals surface area contributed by atoms with Crippen molar-refractivity contribution in [3.8, 4) is 0 Å². The van der Waals surface area contributed by atoms with E-state index in [1.165, 1.54) is 30.6 Å². The van der Waals surface area contributed by atoms with E-state index in [-0.39, 0.29) is 5.92 Å². The van der Waals surface area contributed by atoms with E-state index < -0.39 is 0 Å². The Bertz CT molecular complexity index is 326. The van der Waals surface area contributed by atoms with Gasteiger partial charge in [-0.25, -0.2) is 0 Å². The molecule has 1 heterocycles. The molecule has 0 bridgehead atoms. The standard InChI is InChI=1S/C11H13ClOS/c12-10-7-6-9(14-10)11(13)8-4-2-1-3-5-8/h6-8H,1-5H2. The van der Waals surface area contributed by atoms with Crippen LogP contribution in [0.2, 0.25) is 4.34 Å². The number of rotatable bonds is 2. The maximum atomic E-state index is 12.0. The van der Waals surface area contributed by atoms with Crippen molar-refractivity contribution in [2.75, 3.05) is 0 Å². The topological polar surface area (TPSA) is 17.1 Å². The summed E-state index contributed by atoms with van der Waals surface area (Å²) >= 11 is 7.22. The van der Waals surface area contributed by atoms with Crippen molar-refractivity contribution in [3.05, 3.63) is 21.3 Å². The summed E-state index contributed by atoms with van der Waals surface area (Å²) in [5.41, 5.74) is 0. The van der Waals surface area contributed by atoms with Gasteiger partial charge in [0.25, 0.3) is 0 Å². The van der Waals surface area contributed by atoms with Crippen LogP contribution in [0, 0.1) is 5.92 Å². The van der Waals surface area contributed by atoms with Crippen LogP contribution in [0.5, 0.6) is 0 Å². The zero-order chi connectivity index (χ0) is 9.97. The minimum Gasteiger partial charge on any atom is -0.293 e. The largest absolute Gasteiger partial charge is 0.293 e. The van der Waals surface area contributed by atoms with Crippen molar-refractivity contribution < 1.29 is 4.79 Å². The normalized spacial score (nSPS) is 18.4. The molecule has 0 N–H and O–H groups in total. The summed E-state index contributed by atoms with van der Waals surface area (Å²) in [6.07, 6.45) is 5.82. The molecule has 3 heteroatoms. The fraction of sp³-hybridized carbons (Fsp3) is 0.545. The van der Waals surface area contributed by atoms with Crippen LogP contribution in [-0.4, -0.2) is 5.78 Å². The lowest BCUT2D eigenvalue weighted by molar-refractivity contribution is 0.0894. The average Bonchev–Trinajstić information content (AvgIpc) is 2.65. The van der Waals surface area contributed by atoms with Crippen LogP contribution in [0.1, 0.15) is 41.8 Å². The highest BCUT2D eigenvalue weighted by molar-refractivity contribution is 7.18. The number of Topliss-reactive ketones (excluding diaryl/α,β-unsaturated/α-hetero) is 1. The molecule has 1 aromatic heterocycles. The van der Waals surface area contributed by atoms with Crippen LogP contribution < -0.4 is 0 Å². The van der Waals surface area contributed by atoms with Crippen LogP contribution >= 0.6 is 22.9 Å². The predicted molar refractivity (Wildman–Crippen MR) is 60.2 cm³/mol. The van der Waals surface area contributed by atoms with Crippen molar-refractivity contribution in [3.63, 3.8) is 0 Å². The molecule has 0 spiro atoms. The first-order valence-corrected chi connectivity index (χ1v) is 6.26. The third-order valence-electron chi connectivity index (χ3n) is 2.79. The number of ketones is 1. The molecule has 2 rings (SSSR count). The third-order valence-corrected chi connectivity index (χ3v) is 4.04. The van der Waals surface area contributed by atoms with Gasteiger partial charge in [0, 0.05) is 5.92 Å². The molecule has 1 nitrogen and oxygen atoms in total. The second kappa shape index (κ2) is 4.45. The summed E-state index contributed by atoms with van der Waals surface area (Å²) in [6.45, 7) is 0. The first kappa shape index (κ1) is 10.2. The molecule has 1 saturated carbocycles. The number of carbonyl (C=O) groups excluding carboxylic acids is 1. The van der Waals surface area contributed by atoms with Gasteiger partial charge in [0.1, 0.15) is 0 Å². The molecule has 0 aliphatic heterocycles. The molecule has 0 saturated heterocycles. The Balaban J connectivity index is 2.07. The Kier molecular flexibility index (Phi) is 3.24. The summed E-state index contributed by atoms with van der Waals surface area (Å²) in [4.78, 5) is 12.8. The number of thiophene rings is 1. The summed E-state index contributed by atoms with van der Waals surface area (Å²) < 4.78 is 0.712. The first-order valence-electron chi connectivity index (χ1n) is 5.07. The molecule has 0 radical (unpaired) electrons. The van der Waals surface area contributed by atoms with Crippen molar-refractivity contribution in [2.24, 2.45) is 5.92 Å². The monoisotopic (exact) mass is 228 g/mol. The molecule has 76 valence electrons.